The van der Waals surface area contributed by atoms with Gasteiger partial charge in [0.25, 0.3) is 0 Å². The molecular weight excluding hydrogens is 164 g/mol. The fourth-order valence-corrected chi connectivity index (χ4v) is 3.95. The van der Waals surface area contributed by atoms with Gasteiger partial charge in [-0.25, -0.2) is 8.42 Å². The highest BCUT2D eigenvalue weighted by molar-refractivity contribution is 7.91. The predicted octanol–water partition coefficient (Wildman–Crippen LogP) is 0.354. The molecule has 64 valence electrons. The molecule has 1 spiro atoms. The van der Waals surface area contributed by atoms with Gasteiger partial charge in [-0.15, -0.1) is 0 Å². The molecule has 0 bridgehead atoms. The summed E-state index contributed by atoms with van der Waals surface area (Å²) in [5, 5.41) is 0. The largest absolute Gasteiger partial charge is 0.374 e. The summed E-state index contributed by atoms with van der Waals surface area (Å²) in [4.78, 5) is 0. The van der Waals surface area contributed by atoms with Crippen LogP contribution in [0.25, 0.3) is 0 Å². The lowest BCUT2D eigenvalue weighted by Gasteiger charge is -2.19. The molecule has 3 nitrogen and oxygen atoms in total. The molecule has 0 radical (unpaired) electrons. The van der Waals surface area contributed by atoms with Gasteiger partial charge >= 0.3 is 0 Å². The van der Waals surface area contributed by atoms with Crippen LogP contribution >= 0.6 is 0 Å². The molecule has 4 heteroatoms. The molecule has 0 amide bonds. The Morgan fingerprint density at radius 1 is 1.27 bits per heavy atom. The second-order valence-electron chi connectivity index (χ2n) is 3.48. The number of ether oxygens (including phenoxy) is 1. The average Bonchev–Trinajstić information content (AvgIpc) is 2.43. The summed E-state index contributed by atoms with van der Waals surface area (Å²) >= 11 is 0. The van der Waals surface area contributed by atoms with Gasteiger partial charge in [0.05, 0.1) is 17.1 Å². The van der Waals surface area contributed by atoms with Crippen LogP contribution in [0, 0.1) is 0 Å². The van der Waals surface area contributed by atoms with Crippen molar-refractivity contribution in [2.75, 3.05) is 18.1 Å². The molecule has 0 N–H and O–H groups in total. The van der Waals surface area contributed by atoms with Crippen LogP contribution in [0.2, 0.25) is 0 Å². The number of rotatable bonds is 0. The molecule has 0 aromatic heterocycles. The third kappa shape index (κ3) is 1.29. The van der Waals surface area contributed by atoms with E-state index in [1.54, 1.807) is 0 Å². The summed E-state index contributed by atoms with van der Waals surface area (Å²) in [5.74, 6) is 0.590. The Morgan fingerprint density at radius 3 is 2.55 bits per heavy atom. The predicted molar refractivity (Wildman–Crippen MR) is 41.2 cm³/mol. The second-order valence-corrected chi connectivity index (χ2v) is 5.66. The Hall–Kier alpha value is -0.0900. The molecule has 1 unspecified atom stereocenters. The van der Waals surface area contributed by atoms with Gasteiger partial charge < -0.3 is 4.74 Å². The Bertz CT molecular complexity index is 249. The van der Waals surface area contributed by atoms with Gasteiger partial charge in [0.2, 0.25) is 0 Å². The lowest BCUT2D eigenvalue weighted by Crippen LogP contribution is -2.28. The van der Waals surface area contributed by atoms with Crippen LogP contribution in [-0.2, 0) is 14.6 Å². The minimum Gasteiger partial charge on any atom is -0.374 e. The quantitative estimate of drug-likeness (QED) is 0.535. The minimum absolute atomic E-state index is 0.264. The van der Waals surface area contributed by atoms with Crippen molar-refractivity contribution >= 4 is 9.84 Å². The van der Waals surface area contributed by atoms with E-state index in [1.165, 1.54) is 0 Å². The molecule has 2 saturated heterocycles. The van der Waals surface area contributed by atoms with Gasteiger partial charge in [-0.05, 0) is 19.3 Å². The highest BCUT2D eigenvalue weighted by atomic mass is 32.2. The zero-order chi connectivity index (χ0) is 7.95. The SMILES string of the molecule is O=S1(=O)CCC2(CCCO2)C1. The Balaban J connectivity index is 2.20. The second kappa shape index (κ2) is 2.20. The van der Waals surface area contributed by atoms with E-state index in [0.717, 1.165) is 25.9 Å². The van der Waals surface area contributed by atoms with Crippen LogP contribution in [0.15, 0.2) is 0 Å². The van der Waals surface area contributed by atoms with E-state index in [-0.39, 0.29) is 11.4 Å². The molecule has 0 aliphatic carbocycles. The Labute approximate surface area is 66.7 Å². The van der Waals surface area contributed by atoms with E-state index < -0.39 is 9.84 Å². The molecule has 2 rings (SSSR count). The molecule has 11 heavy (non-hydrogen) atoms. The van der Waals surface area contributed by atoms with E-state index in [1.807, 2.05) is 0 Å². The molecule has 2 heterocycles. The molecule has 1 atom stereocenters. The zero-order valence-electron chi connectivity index (χ0n) is 6.38. The molecule has 2 fully saturated rings. The van der Waals surface area contributed by atoms with Crippen LogP contribution in [0.3, 0.4) is 0 Å². The monoisotopic (exact) mass is 176 g/mol. The molecule has 0 saturated carbocycles. The lowest BCUT2D eigenvalue weighted by molar-refractivity contribution is 0.0267. The van der Waals surface area contributed by atoms with Gasteiger partial charge in [0, 0.05) is 6.61 Å². The molecule has 0 aromatic rings. The highest BCUT2D eigenvalue weighted by Crippen LogP contribution is 2.35. The van der Waals surface area contributed by atoms with E-state index in [0.29, 0.717) is 5.75 Å². The molecular formula is C7H12O3S. The first-order chi connectivity index (χ1) is 5.12. The Kier molecular flexibility index (Phi) is 1.51. The van der Waals surface area contributed by atoms with Crippen molar-refractivity contribution in [1.82, 2.24) is 0 Å². The summed E-state index contributed by atoms with van der Waals surface area (Å²) in [6, 6.07) is 0. The first kappa shape index (κ1) is 7.55. The maximum Gasteiger partial charge on any atom is 0.153 e. The lowest BCUT2D eigenvalue weighted by atomic mass is 10.0. The number of hydrogen-bond donors (Lipinski definition) is 0. The van der Waals surface area contributed by atoms with Crippen molar-refractivity contribution in [3.05, 3.63) is 0 Å². The van der Waals surface area contributed by atoms with Crippen LogP contribution in [-0.4, -0.2) is 32.1 Å². The summed E-state index contributed by atoms with van der Waals surface area (Å²) < 4.78 is 27.7. The molecule has 2 aliphatic rings. The third-order valence-electron chi connectivity index (χ3n) is 2.54. The van der Waals surface area contributed by atoms with Crippen LogP contribution in [0.1, 0.15) is 19.3 Å². The van der Waals surface area contributed by atoms with Crippen LogP contribution in [0.5, 0.6) is 0 Å². The highest BCUT2D eigenvalue weighted by Gasteiger charge is 2.45. The fraction of sp³-hybridized carbons (Fsp3) is 1.00. The van der Waals surface area contributed by atoms with Gasteiger partial charge in [0.15, 0.2) is 9.84 Å². The summed E-state index contributed by atoms with van der Waals surface area (Å²) in [6.07, 6.45) is 2.68. The van der Waals surface area contributed by atoms with Crippen LogP contribution < -0.4 is 0 Å². The van der Waals surface area contributed by atoms with E-state index >= 15 is 0 Å². The summed E-state index contributed by atoms with van der Waals surface area (Å²) in [7, 11) is -2.76. The molecule has 0 aromatic carbocycles. The smallest absolute Gasteiger partial charge is 0.153 e. The standard InChI is InChI=1S/C7H12O3S/c8-11(9)5-3-7(6-11)2-1-4-10-7/h1-6H2. The summed E-state index contributed by atoms with van der Waals surface area (Å²) in [6.45, 7) is 0.746. The van der Waals surface area contributed by atoms with Gasteiger partial charge in [-0.3, -0.25) is 0 Å². The number of hydrogen-bond acceptors (Lipinski definition) is 3. The fourth-order valence-electron chi connectivity index (χ4n) is 1.95. The van der Waals surface area contributed by atoms with E-state index in [4.69, 9.17) is 4.74 Å². The van der Waals surface area contributed by atoms with Crippen molar-refractivity contribution in [1.29, 1.82) is 0 Å². The first-order valence-corrected chi connectivity index (χ1v) is 5.79. The maximum atomic E-state index is 11.1. The van der Waals surface area contributed by atoms with Crippen molar-refractivity contribution in [3.63, 3.8) is 0 Å². The third-order valence-corrected chi connectivity index (χ3v) is 4.33. The van der Waals surface area contributed by atoms with Crippen molar-refractivity contribution < 1.29 is 13.2 Å². The first-order valence-electron chi connectivity index (χ1n) is 3.96. The van der Waals surface area contributed by atoms with Gasteiger partial charge in [-0.1, -0.05) is 0 Å². The van der Waals surface area contributed by atoms with Crippen LogP contribution in [0.4, 0.5) is 0 Å². The van der Waals surface area contributed by atoms with E-state index in [9.17, 15) is 8.42 Å². The van der Waals surface area contributed by atoms with E-state index in [2.05, 4.69) is 0 Å². The molecule has 2 aliphatic heterocycles. The average molecular weight is 176 g/mol. The van der Waals surface area contributed by atoms with Crippen molar-refractivity contribution in [3.8, 4) is 0 Å². The Morgan fingerprint density at radius 2 is 2.09 bits per heavy atom. The summed E-state index contributed by atoms with van der Waals surface area (Å²) in [5.41, 5.74) is -0.265. The zero-order valence-corrected chi connectivity index (χ0v) is 7.19. The van der Waals surface area contributed by atoms with Gasteiger partial charge in [0.1, 0.15) is 0 Å². The normalized spacial score (nSPS) is 41.8. The number of sulfone groups is 1. The minimum atomic E-state index is -2.76. The van der Waals surface area contributed by atoms with Crippen molar-refractivity contribution in [2.45, 2.75) is 24.9 Å². The topological polar surface area (TPSA) is 43.4 Å². The van der Waals surface area contributed by atoms with Gasteiger partial charge in [-0.2, -0.15) is 0 Å². The van der Waals surface area contributed by atoms with Crippen molar-refractivity contribution in [2.24, 2.45) is 0 Å². The maximum absolute atomic E-state index is 11.1.